The fourth-order valence-electron chi connectivity index (χ4n) is 3.61. The fraction of sp³-hybridized carbons (Fsp3) is 0.0385. The number of anilines is 1. The Balaban J connectivity index is 1.75. The van der Waals surface area contributed by atoms with Gasteiger partial charge in [-0.2, -0.15) is 0 Å². The van der Waals surface area contributed by atoms with E-state index in [2.05, 4.69) is 0 Å². The fourth-order valence-corrected chi connectivity index (χ4v) is 4.83. The van der Waals surface area contributed by atoms with E-state index >= 15 is 0 Å². The molecule has 7 heteroatoms. The molecule has 4 aromatic carbocycles. The lowest BCUT2D eigenvalue weighted by molar-refractivity contribution is -0.124. The molecule has 6 nitrogen and oxygen atoms in total. The maximum atomic E-state index is 13.4. The molecule has 0 aliphatic heterocycles. The summed E-state index contributed by atoms with van der Waals surface area (Å²) < 4.78 is 27.9. The Hall–Kier alpha value is -3.94. The Bertz CT molecular complexity index is 1450. The lowest BCUT2D eigenvalue weighted by Gasteiger charge is -2.21. The Morgan fingerprint density at radius 3 is 2.21 bits per heavy atom. The average Bonchev–Trinajstić information content (AvgIpc) is 2.86. The summed E-state index contributed by atoms with van der Waals surface area (Å²) in [6.45, 7) is 0. The first-order valence-electron chi connectivity index (χ1n) is 10.2. The third kappa shape index (κ3) is 4.64. The molecule has 0 saturated heterocycles. The van der Waals surface area contributed by atoms with Gasteiger partial charge in [0.15, 0.2) is 0 Å². The quantitative estimate of drug-likeness (QED) is 0.251. The third-order valence-corrected chi connectivity index (χ3v) is 7.15. The van der Waals surface area contributed by atoms with Crippen molar-refractivity contribution >= 4 is 38.0 Å². The summed E-state index contributed by atoms with van der Waals surface area (Å²) in [4.78, 5) is 12.1. The molecule has 2 N–H and O–H groups in total. The minimum absolute atomic E-state index is 0.188. The molecule has 33 heavy (non-hydrogen) atoms. The number of amides is 1. The standard InChI is InChI=1S/C26H22N2O4S/c1-28(33(31,32)24-15-14-19-8-5-6-11-21(19)17-24)23-13-7-12-22(16-23)25(18-26(29)27-30)20-9-3-2-4-10-20/h2-18,30H,1H3,(H,27,29). The van der Waals surface area contributed by atoms with Crippen molar-refractivity contribution < 1.29 is 18.4 Å². The summed E-state index contributed by atoms with van der Waals surface area (Å²) in [5.41, 5.74) is 3.97. The Kier molecular flexibility index (Phi) is 6.26. The maximum absolute atomic E-state index is 13.4. The number of carbonyl (C=O) groups is 1. The molecule has 1 amide bonds. The zero-order valence-electron chi connectivity index (χ0n) is 17.8. The van der Waals surface area contributed by atoms with E-state index in [1.54, 1.807) is 47.9 Å². The molecule has 0 aliphatic rings. The van der Waals surface area contributed by atoms with Gasteiger partial charge >= 0.3 is 0 Å². The largest absolute Gasteiger partial charge is 0.288 e. The smallest absolute Gasteiger partial charge is 0.267 e. The Morgan fingerprint density at radius 2 is 1.48 bits per heavy atom. The van der Waals surface area contributed by atoms with E-state index in [4.69, 9.17) is 5.21 Å². The zero-order valence-corrected chi connectivity index (χ0v) is 18.7. The van der Waals surface area contributed by atoms with Crippen molar-refractivity contribution in [1.82, 2.24) is 5.48 Å². The van der Waals surface area contributed by atoms with Crippen molar-refractivity contribution in [3.05, 3.63) is 114 Å². The van der Waals surface area contributed by atoms with Gasteiger partial charge in [-0.3, -0.25) is 14.3 Å². The molecule has 0 aliphatic carbocycles. The summed E-state index contributed by atoms with van der Waals surface area (Å²) in [5.74, 6) is -0.684. The summed E-state index contributed by atoms with van der Waals surface area (Å²) in [6, 6.07) is 28.7. The normalized spacial score (nSPS) is 11.9. The van der Waals surface area contributed by atoms with Crippen molar-refractivity contribution in [2.45, 2.75) is 4.90 Å². The van der Waals surface area contributed by atoms with Crippen LogP contribution in [0, 0.1) is 0 Å². The predicted octanol–water partition coefficient (Wildman–Crippen LogP) is 4.60. The highest BCUT2D eigenvalue weighted by Crippen LogP contribution is 2.29. The molecule has 0 saturated carbocycles. The topological polar surface area (TPSA) is 86.7 Å². The monoisotopic (exact) mass is 458 g/mol. The summed E-state index contributed by atoms with van der Waals surface area (Å²) in [5, 5.41) is 10.8. The molecule has 0 fully saturated rings. The van der Waals surface area contributed by atoms with E-state index in [1.165, 1.54) is 17.4 Å². The number of nitrogens with one attached hydrogen (secondary N) is 1. The van der Waals surface area contributed by atoms with Gasteiger partial charge in [0, 0.05) is 13.1 Å². The highest BCUT2D eigenvalue weighted by Gasteiger charge is 2.22. The molecule has 0 atom stereocenters. The maximum Gasteiger partial charge on any atom is 0.267 e. The molecule has 0 bridgehead atoms. The minimum Gasteiger partial charge on any atom is -0.288 e. The number of fused-ring (bicyclic) bond motifs is 1. The van der Waals surface area contributed by atoms with Crippen LogP contribution < -0.4 is 9.79 Å². The van der Waals surface area contributed by atoms with Crippen molar-refractivity contribution in [2.75, 3.05) is 11.4 Å². The van der Waals surface area contributed by atoms with Crippen molar-refractivity contribution in [3.63, 3.8) is 0 Å². The van der Waals surface area contributed by atoms with Crippen LogP contribution in [0.4, 0.5) is 5.69 Å². The van der Waals surface area contributed by atoms with Crippen LogP contribution in [0.2, 0.25) is 0 Å². The first-order chi connectivity index (χ1) is 15.9. The van der Waals surface area contributed by atoms with Crippen LogP contribution in [0.5, 0.6) is 0 Å². The number of benzene rings is 4. The van der Waals surface area contributed by atoms with Crippen LogP contribution >= 0.6 is 0 Å². The minimum atomic E-state index is -3.82. The Morgan fingerprint density at radius 1 is 0.818 bits per heavy atom. The molecule has 0 aromatic heterocycles. The van der Waals surface area contributed by atoms with E-state index < -0.39 is 15.9 Å². The van der Waals surface area contributed by atoms with Crippen LogP contribution in [0.25, 0.3) is 16.3 Å². The molecular formula is C26H22N2O4S. The molecule has 0 spiro atoms. The van der Waals surface area contributed by atoms with Gasteiger partial charge in [-0.15, -0.1) is 0 Å². The van der Waals surface area contributed by atoms with Crippen LogP contribution in [-0.2, 0) is 14.8 Å². The van der Waals surface area contributed by atoms with E-state index in [1.807, 2.05) is 54.6 Å². The number of nitrogens with zero attached hydrogens (tertiary/aromatic N) is 1. The number of hydroxylamine groups is 1. The molecule has 0 heterocycles. The third-order valence-electron chi connectivity index (χ3n) is 5.37. The second-order valence-corrected chi connectivity index (χ2v) is 9.40. The second-order valence-electron chi connectivity index (χ2n) is 7.43. The van der Waals surface area contributed by atoms with Gasteiger partial charge in [-0.05, 0) is 51.7 Å². The van der Waals surface area contributed by atoms with Crippen LogP contribution in [0.15, 0.2) is 108 Å². The first kappa shape index (κ1) is 22.3. The van der Waals surface area contributed by atoms with Gasteiger partial charge in [0.1, 0.15) is 0 Å². The molecule has 166 valence electrons. The zero-order chi connectivity index (χ0) is 23.4. The van der Waals surface area contributed by atoms with Gasteiger partial charge in [-0.25, -0.2) is 13.9 Å². The van der Waals surface area contributed by atoms with Gasteiger partial charge in [0.25, 0.3) is 15.9 Å². The molecular weight excluding hydrogens is 436 g/mol. The molecule has 4 aromatic rings. The highest BCUT2D eigenvalue weighted by molar-refractivity contribution is 7.92. The number of carbonyl (C=O) groups excluding carboxylic acids is 1. The number of hydrogen-bond donors (Lipinski definition) is 2. The van der Waals surface area contributed by atoms with Crippen LogP contribution in [0.1, 0.15) is 11.1 Å². The summed E-state index contributed by atoms with van der Waals surface area (Å²) in [6.07, 6.45) is 1.27. The number of sulfonamides is 1. The van der Waals surface area contributed by atoms with Crippen molar-refractivity contribution in [2.24, 2.45) is 0 Å². The molecule has 0 radical (unpaired) electrons. The van der Waals surface area contributed by atoms with E-state index in [9.17, 15) is 13.2 Å². The van der Waals surface area contributed by atoms with E-state index in [0.717, 1.165) is 16.3 Å². The number of rotatable bonds is 6. The van der Waals surface area contributed by atoms with Gasteiger partial charge in [0.05, 0.1) is 10.6 Å². The number of hydrogen-bond acceptors (Lipinski definition) is 4. The van der Waals surface area contributed by atoms with Crippen molar-refractivity contribution in [1.29, 1.82) is 0 Å². The van der Waals surface area contributed by atoms with E-state index in [-0.39, 0.29) is 4.90 Å². The Labute approximate surface area is 192 Å². The van der Waals surface area contributed by atoms with Gasteiger partial charge in [0.2, 0.25) is 0 Å². The average molecular weight is 459 g/mol. The lowest BCUT2D eigenvalue weighted by Crippen LogP contribution is -2.26. The van der Waals surface area contributed by atoms with Crippen LogP contribution in [-0.4, -0.2) is 26.6 Å². The van der Waals surface area contributed by atoms with Gasteiger partial charge in [-0.1, -0.05) is 72.8 Å². The van der Waals surface area contributed by atoms with Crippen molar-refractivity contribution in [3.8, 4) is 0 Å². The SMILES string of the molecule is CN(c1cccc(C(=CC(=O)NO)c2ccccc2)c1)S(=O)(=O)c1ccc2ccccc2c1. The lowest BCUT2D eigenvalue weighted by atomic mass is 9.97. The first-order valence-corrected chi connectivity index (χ1v) is 11.6. The summed E-state index contributed by atoms with van der Waals surface area (Å²) >= 11 is 0. The van der Waals surface area contributed by atoms with E-state index in [0.29, 0.717) is 16.8 Å². The van der Waals surface area contributed by atoms with Crippen LogP contribution in [0.3, 0.4) is 0 Å². The van der Waals surface area contributed by atoms with Gasteiger partial charge < -0.3 is 0 Å². The second kappa shape index (κ2) is 9.28. The molecule has 4 rings (SSSR count). The predicted molar refractivity (Wildman–Crippen MR) is 129 cm³/mol. The highest BCUT2D eigenvalue weighted by atomic mass is 32.2. The summed E-state index contributed by atoms with van der Waals surface area (Å²) in [7, 11) is -2.33. The molecule has 0 unspecified atom stereocenters.